The molecule has 1 fully saturated rings. The van der Waals surface area contributed by atoms with Gasteiger partial charge in [0.1, 0.15) is 65.4 Å². The normalized spacial score (nSPS) is 23.2. The molecule has 2 unspecified atom stereocenters. The van der Waals surface area contributed by atoms with Crippen LogP contribution >= 0.6 is 39.1 Å². The van der Waals surface area contributed by atoms with E-state index in [1.54, 1.807) is 0 Å². The van der Waals surface area contributed by atoms with Crippen LogP contribution in [0.1, 0.15) is 27.0 Å². The summed E-state index contributed by atoms with van der Waals surface area (Å²) in [5.41, 5.74) is -1.02. The highest BCUT2D eigenvalue weighted by Crippen LogP contribution is 2.58. The van der Waals surface area contributed by atoms with Crippen LogP contribution in [0.15, 0.2) is 54.6 Å². The molecule has 346 valence electrons. The average Bonchev–Trinajstić information content (AvgIpc) is 3.39. The summed E-state index contributed by atoms with van der Waals surface area (Å²) < 4.78 is 104. The largest absolute Gasteiger partial charge is 0.508 e. The monoisotopic (exact) mass is 997 g/mol. The maximum atomic E-state index is 13.4. The zero-order chi connectivity index (χ0) is 46.7. The minimum Gasteiger partial charge on any atom is -0.508 e. The Bertz CT molecular complexity index is 2410. The number of benzene rings is 3. The van der Waals surface area contributed by atoms with Crippen LogP contribution in [-0.4, -0.2) is 121 Å². The van der Waals surface area contributed by atoms with Crippen molar-refractivity contribution in [2.24, 2.45) is 0 Å². The van der Waals surface area contributed by atoms with Crippen LogP contribution in [0.4, 0.5) is 4.79 Å². The third-order valence-corrected chi connectivity index (χ3v) is 11.5. The number of amides is 1. The van der Waals surface area contributed by atoms with Gasteiger partial charge in [0.25, 0.3) is 0 Å². The third kappa shape index (κ3) is 11.6. The van der Waals surface area contributed by atoms with Crippen LogP contribution < -0.4 is 14.8 Å². The number of hydrogen-bond donors (Lipinski definition) is 13. The lowest BCUT2D eigenvalue weighted by atomic mass is 9.77. The number of ether oxygens (including phenoxy) is 4. The van der Waals surface area contributed by atoms with E-state index >= 15 is 0 Å². The van der Waals surface area contributed by atoms with Gasteiger partial charge in [-0.05, 0) is 42.5 Å². The molecule has 2 heterocycles. The zero-order valence-electron chi connectivity index (χ0n) is 30.7. The molecule has 0 bridgehead atoms. The summed E-state index contributed by atoms with van der Waals surface area (Å²) in [6.07, 6.45) is -18.8. The minimum atomic E-state index is -6.04. The third-order valence-electron chi connectivity index (χ3n) is 8.88. The molecule has 0 radical (unpaired) electrons. The first-order valence-electron chi connectivity index (χ1n) is 16.9. The first-order valence-corrected chi connectivity index (χ1v) is 24.6. The van der Waals surface area contributed by atoms with Gasteiger partial charge in [-0.2, -0.15) is 0 Å². The molecule has 63 heavy (non-hydrogen) atoms. The Balaban J connectivity index is 1.25. The Kier molecular flexibility index (Phi) is 13.6. The van der Waals surface area contributed by atoms with Crippen molar-refractivity contribution in [2.75, 3.05) is 13.2 Å². The van der Waals surface area contributed by atoms with E-state index in [1.165, 1.54) is 48.5 Å². The van der Waals surface area contributed by atoms with Crippen molar-refractivity contribution in [1.82, 2.24) is 5.32 Å². The van der Waals surface area contributed by atoms with Gasteiger partial charge in [-0.15, -0.1) is 0 Å². The molecule has 3 aromatic rings. The number of rotatable bonds is 15. The SMILES string of the molecule is O=C(NCCOC1[C@@H](OP(=O)(O)O)[C@H](OP(=O)(O)O)C(OP(=O)(O)O)[C@H](OP(=O)(O)O)[C@H]1OP(=O)(O)O)Oc1ccc2c(c1)C(=O)OC21c2ccc(O)cc2Oc2cc(O)ccc21. The maximum absolute atomic E-state index is 13.4. The molecule has 0 aromatic heterocycles. The standard InChI is InChI=1S/C29H32NO28P5/c31-12-1-4-17-19(9-12)52-20-10-13(32)2-5-18(20)29(17)16-6-3-14(11-15(16)27(33)53-29)51-28(34)30-7-8-50-21-22(54-59(35,36)37)24(56-61(41,42)43)26(58-63(47,48)49)25(57-62(44,45)46)23(21)55-60(38,39)40/h1-6,9-11,21-26,31-32H,7-8H2,(H,30,34)(H2,35,36,37)(H2,38,39,40)(H2,41,42,43)(H2,44,45,46)(H2,47,48,49)/t21?,22-,23+,24+,25-,26?. The lowest BCUT2D eigenvalue weighted by molar-refractivity contribution is -0.217. The number of phosphoric ester groups is 5. The van der Waals surface area contributed by atoms with Crippen molar-refractivity contribution in [2.45, 2.75) is 42.2 Å². The van der Waals surface area contributed by atoms with Gasteiger partial charge in [0, 0.05) is 35.4 Å². The van der Waals surface area contributed by atoms with Crippen LogP contribution in [0.2, 0.25) is 0 Å². The number of aromatic hydroxyl groups is 2. The van der Waals surface area contributed by atoms with Crippen LogP contribution in [-0.2, 0) is 60.5 Å². The Labute approximate surface area is 350 Å². The summed E-state index contributed by atoms with van der Waals surface area (Å²) in [7, 11) is -30.1. The van der Waals surface area contributed by atoms with Crippen LogP contribution in [0.5, 0.6) is 28.7 Å². The predicted molar refractivity (Wildman–Crippen MR) is 196 cm³/mol. The van der Waals surface area contributed by atoms with Crippen molar-refractivity contribution < 1.29 is 133 Å². The van der Waals surface area contributed by atoms with E-state index in [4.69, 9.17) is 18.9 Å². The summed E-state index contributed by atoms with van der Waals surface area (Å²) in [6.45, 7) is -1.79. The topological polar surface area (TPSA) is 457 Å². The van der Waals surface area contributed by atoms with Gasteiger partial charge in [0.2, 0.25) is 0 Å². The molecule has 29 nitrogen and oxygen atoms in total. The molecule has 6 atom stereocenters. The van der Waals surface area contributed by atoms with Crippen molar-refractivity contribution in [3.05, 3.63) is 76.9 Å². The Morgan fingerprint density at radius 3 is 1.40 bits per heavy atom. The number of phosphoric acid groups is 5. The summed E-state index contributed by atoms with van der Waals surface area (Å²) in [6, 6.07) is 11.8. The highest BCUT2D eigenvalue weighted by molar-refractivity contribution is 7.47. The van der Waals surface area contributed by atoms with Gasteiger partial charge >= 0.3 is 51.2 Å². The number of phenols is 2. The highest BCUT2D eigenvalue weighted by atomic mass is 31.2. The summed E-state index contributed by atoms with van der Waals surface area (Å²) in [5, 5.41) is 22.3. The molecule has 1 spiro atoms. The van der Waals surface area contributed by atoms with Gasteiger partial charge in [-0.1, -0.05) is 0 Å². The highest BCUT2D eigenvalue weighted by Gasteiger charge is 2.62. The van der Waals surface area contributed by atoms with E-state index in [2.05, 4.69) is 27.9 Å². The molecule has 3 aliphatic rings. The van der Waals surface area contributed by atoms with E-state index in [9.17, 15) is 91.6 Å². The van der Waals surface area contributed by atoms with Crippen LogP contribution in [0.3, 0.4) is 0 Å². The van der Waals surface area contributed by atoms with Gasteiger partial charge in [-0.25, -0.2) is 32.4 Å². The van der Waals surface area contributed by atoms with Crippen molar-refractivity contribution in [3.8, 4) is 28.7 Å². The molecule has 2 aliphatic heterocycles. The lowest BCUT2D eigenvalue weighted by Crippen LogP contribution is -2.66. The summed E-state index contributed by atoms with van der Waals surface area (Å²) in [5.74, 6) is -1.44. The summed E-state index contributed by atoms with van der Waals surface area (Å²) >= 11 is 0. The fraction of sp³-hybridized carbons (Fsp3) is 0.310. The number of hydrogen-bond acceptors (Lipinski definition) is 18. The molecule has 1 aliphatic carbocycles. The molecule has 1 saturated carbocycles. The molecular formula is C29H32NO28P5. The van der Waals surface area contributed by atoms with E-state index in [0.717, 1.165) is 6.07 Å². The fourth-order valence-electron chi connectivity index (χ4n) is 6.94. The Hall–Kier alpha value is -3.69. The maximum Gasteiger partial charge on any atom is 0.470 e. The van der Waals surface area contributed by atoms with Crippen LogP contribution in [0.25, 0.3) is 0 Å². The number of nitrogens with one attached hydrogen (secondary N) is 1. The van der Waals surface area contributed by atoms with Gasteiger partial charge in [0.05, 0.1) is 12.2 Å². The number of fused-ring (bicyclic) bond motifs is 6. The van der Waals surface area contributed by atoms with Crippen molar-refractivity contribution >= 4 is 51.2 Å². The fourth-order valence-corrected chi connectivity index (χ4v) is 9.73. The molecule has 6 rings (SSSR count). The van der Waals surface area contributed by atoms with E-state index in [1.807, 2.05) is 0 Å². The van der Waals surface area contributed by atoms with E-state index < -0.39 is 107 Å². The second-order valence-corrected chi connectivity index (χ2v) is 19.2. The number of carbonyl (C=O) groups excluding carboxylic acids is 2. The van der Waals surface area contributed by atoms with Gasteiger partial charge in [0.15, 0.2) is 5.60 Å². The minimum absolute atomic E-state index is 0.0760. The molecule has 13 N–H and O–H groups in total. The van der Waals surface area contributed by atoms with Crippen LogP contribution in [0, 0.1) is 0 Å². The van der Waals surface area contributed by atoms with E-state index in [0.29, 0.717) is 0 Å². The first kappa shape index (κ1) is 48.8. The van der Waals surface area contributed by atoms with Crippen molar-refractivity contribution in [3.63, 3.8) is 0 Å². The van der Waals surface area contributed by atoms with Crippen molar-refractivity contribution in [1.29, 1.82) is 0 Å². The smallest absolute Gasteiger partial charge is 0.470 e. The number of esters is 1. The first-order chi connectivity index (χ1) is 28.9. The second kappa shape index (κ2) is 17.6. The van der Waals surface area contributed by atoms with E-state index in [-0.39, 0.29) is 51.0 Å². The molecule has 34 heteroatoms. The van der Waals surface area contributed by atoms with Gasteiger partial charge < -0.3 is 83.4 Å². The van der Waals surface area contributed by atoms with Gasteiger partial charge in [-0.3, -0.25) is 22.6 Å². The molecule has 3 aromatic carbocycles. The second-order valence-electron chi connectivity index (χ2n) is 13.2. The Morgan fingerprint density at radius 2 is 0.984 bits per heavy atom. The average molecular weight is 997 g/mol. The Morgan fingerprint density at radius 1 is 0.587 bits per heavy atom. The number of phenolic OH excluding ortho intramolecular Hbond substituents is 2. The number of carbonyl (C=O) groups is 2. The quantitative estimate of drug-likeness (QED) is 0.0561. The zero-order valence-corrected chi connectivity index (χ0v) is 35.2. The predicted octanol–water partition coefficient (Wildman–Crippen LogP) is 0.542. The molecule has 0 saturated heterocycles. The molecule has 1 amide bonds. The lowest BCUT2D eigenvalue weighted by Gasteiger charge is -2.48. The molecular weight excluding hydrogens is 965 g/mol. The summed E-state index contributed by atoms with van der Waals surface area (Å²) in [4.78, 5) is 122.